The highest BCUT2D eigenvalue weighted by molar-refractivity contribution is 6.08. The molecule has 7 heteroatoms. The predicted octanol–water partition coefficient (Wildman–Crippen LogP) is 4.91. The van der Waals surface area contributed by atoms with Gasteiger partial charge in [-0.05, 0) is 42.5 Å². The molecule has 3 aromatic carbocycles. The summed E-state index contributed by atoms with van der Waals surface area (Å²) < 4.78 is 15.5. The monoisotopic (exact) mass is 441 g/mol. The number of carboxylic acid groups (broad SMARTS) is 1. The van der Waals surface area contributed by atoms with Gasteiger partial charge in [0.1, 0.15) is 18.0 Å². The second kappa shape index (κ2) is 9.08. The Hall–Kier alpha value is -4.26. The Kier molecular flexibility index (Phi) is 5.68. The number of imidazole rings is 1. The Morgan fingerprint density at radius 2 is 1.61 bits per heavy atom. The lowest BCUT2D eigenvalue weighted by Gasteiger charge is -2.10. The van der Waals surface area contributed by atoms with E-state index in [1.807, 2.05) is 82.1 Å². The molecular formula is C26H23N3O4. The van der Waals surface area contributed by atoms with Gasteiger partial charge in [-0.1, -0.05) is 18.2 Å². The smallest absolute Gasteiger partial charge is 0.323 e. The second-order valence-electron chi connectivity index (χ2n) is 7.69. The van der Waals surface area contributed by atoms with Crippen molar-refractivity contribution in [2.24, 2.45) is 0 Å². The van der Waals surface area contributed by atoms with Crippen molar-refractivity contribution >= 4 is 27.8 Å². The van der Waals surface area contributed by atoms with Gasteiger partial charge in [-0.25, -0.2) is 4.98 Å². The van der Waals surface area contributed by atoms with E-state index in [0.717, 1.165) is 39.7 Å². The minimum absolute atomic E-state index is 0.0963. The van der Waals surface area contributed by atoms with Crippen molar-refractivity contribution in [1.82, 2.24) is 14.1 Å². The molecule has 0 aliphatic carbocycles. The zero-order valence-corrected chi connectivity index (χ0v) is 17.9. The Labute approximate surface area is 190 Å². The van der Waals surface area contributed by atoms with E-state index in [0.29, 0.717) is 19.0 Å². The maximum atomic E-state index is 11.4. The first-order valence-electron chi connectivity index (χ1n) is 10.8. The summed E-state index contributed by atoms with van der Waals surface area (Å²) in [6.45, 7) is 0.935. The zero-order valence-electron chi connectivity index (χ0n) is 17.9. The number of ether oxygens (including phenoxy) is 2. The van der Waals surface area contributed by atoms with Crippen molar-refractivity contribution in [3.05, 3.63) is 85.5 Å². The lowest BCUT2D eigenvalue weighted by atomic mass is 10.1. The SMILES string of the molecule is O=C(O)Cn1c2ccccc2c2ccc(OCCCOc3ccc(-n4ccnc4)cc3)cc21. The highest BCUT2D eigenvalue weighted by atomic mass is 16.5. The van der Waals surface area contributed by atoms with Crippen LogP contribution >= 0.6 is 0 Å². The molecule has 1 N–H and O–H groups in total. The summed E-state index contributed by atoms with van der Waals surface area (Å²) in [7, 11) is 0. The molecule has 0 bridgehead atoms. The largest absolute Gasteiger partial charge is 0.493 e. The van der Waals surface area contributed by atoms with E-state index in [1.54, 1.807) is 12.5 Å². The molecule has 5 aromatic rings. The maximum Gasteiger partial charge on any atom is 0.323 e. The van der Waals surface area contributed by atoms with Crippen LogP contribution in [-0.2, 0) is 11.3 Å². The molecule has 0 spiro atoms. The molecule has 2 aromatic heterocycles. The Balaban J connectivity index is 1.20. The van der Waals surface area contributed by atoms with Gasteiger partial charge < -0.3 is 23.7 Å². The number of nitrogens with zero attached hydrogens (tertiary/aromatic N) is 3. The normalized spacial score (nSPS) is 11.2. The van der Waals surface area contributed by atoms with E-state index in [4.69, 9.17) is 9.47 Å². The van der Waals surface area contributed by atoms with Crippen LogP contribution in [0.1, 0.15) is 6.42 Å². The number of hydrogen-bond acceptors (Lipinski definition) is 4. The molecule has 0 aliphatic heterocycles. The fourth-order valence-corrected chi connectivity index (χ4v) is 3.99. The summed E-state index contributed by atoms with van der Waals surface area (Å²) in [6.07, 6.45) is 6.12. The van der Waals surface area contributed by atoms with Gasteiger partial charge in [0.25, 0.3) is 0 Å². The van der Waals surface area contributed by atoms with Crippen LogP contribution in [0.15, 0.2) is 85.5 Å². The number of carboxylic acids is 1. The van der Waals surface area contributed by atoms with Crippen LogP contribution in [-0.4, -0.2) is 38.4 Å². The summed E-state index contributed by atoms with van der Waals surface area (Å²) >= 11 is 0. The molecule has 0 fully saturated rings. The third kappa shape index (κ3) is 4.39. The maximum absolute atomic E-state index is 11.4. The molecule has 0 saturated heterocycles. The van der Waals surface area contributed by atoms with E-state index in [2.05, 4.69) is 4.98 Å². The summed E-state index contributed by atoms with van der Waals surface area (Å²) in [4.78, 5) is 15.5. The summed E-state index contributed by atoms with van der Waals surface area (Å²) in [5.41, 5.74) is 2.78. The fraction of sp³-hybridized carbons (Fsp3) is 0.154. The van der Waals surface area contributed by atoms with Crippen molar-refractivity contribution in [3.63, 3.8) is 0 Å². The van der Waals surface area contributed by atoms with Crippen LogP contribution in [0, 0.1) is 0 Å². The van der Waals surface area contributed by atoms with E-state index in [1.165, 1.54) is 0 Å². The van der Waals surface area contributed by atoms with Crippen LogP contribution in [0.5, 0.6) is 11.5 Å². The molecule has 0 amide bonds. The number of aliphatic carboxylic acids is 1. The van der Waals surface area contributed by atoms with Crippen LogP contribution in [0.4, 0.5) is 0 Å². The number of fused-ring (bicyclic) bond motifs is 3. The molecule has 0 radical (unpaired) electrons. The summed E-state index contributed by atoms with van der Waals surface area (Å²) in [6, 6.07) is 21.5. The van der Waals surface area contributed by atoms with Gasteiger partial charge in [0.2, 0.25) is 0 Å². The number of para-hydroxylation sites is 1. The van der Waals surface area contributed by atoms with Crippen molar-refractivity contribution < 1.29 is 19.4 Å². The topological polar surface area (TPSA) is 78.5 Å². The third-order valence-electron chi connectivity index (χ3n) is 5.50. The van der Waals surface area contributed by atoms with Gasteiger partial charge in [0.05, 0.1) is 25.1 Å². The van der Waals surface area contributed by atoms with Crippen LogP contribution < -0.4 is 9.47 Å². The first-order valence-corrected chi connectivity index (χ1v) is 10.8. The van der Waals surface area contributed by atoms with Crippen molar-refractivity contribution in [2.45, 2.75) is 13.0 Å². The Morgan fingerprint density at radius 3 is 2.36 bits per heavy atom. The first-order chi connectivity index (χ1) is 16.2. The minimum Gasteiger partial charge on any atom is -0.493 e. The second-order valence-corrected chi connectivity index (χ2v) is 7.69. The zero-order chi connectivity index (χ0) is 22.6. The predicted molar refractivity (Wildman–Crippen MR) is 126 cm³/mol. The van der Waals surface area contributed by atoms with E-state index >= 15 is 0 Å². The Morgan fingerprint density at radius 1 is 0.879 bits per heavy atom. The number of hydrogen-bond donors (Lipinski definition) is 1. The van der Waals surface area contributed by atoms with Crippen LogP contribution in [0.25, 0.3) is 27.5 Å². The van der Waals surface area contributed by atoms with Gasteiger partial charge in [-0.3, -0.25) is 4.79 Å². The van der Waals surface area contributed by atoms with Crippen LogP contribution in [0.2, 0.25) is 0 Å². The number of benzene rings is 3. The third-order valence-corrected chi connectivity index (χ3v) is 5.50. The highest BCUT2D eigenvalue weighted by Gasteiger charge is 2.13. The standard InChI is InChI=1S/C26H23N3O4/c30-26(31)17-29-24-5-2-1-4-22(24)23-11-10-21(16-25(23)29)33-15-3-14-32-20-8-6-19(7-9-20)28-13-12-27-18-28/h1-2,4-13,16,18H,3,14-15,17H2,(H,30,31). The van der Waals surface area contributed by atoms with Gasteiger partial charge in [0, 0.05) is 46.9 Å². The summed E-state index contributed by atoms with van der Waals surface area (Å²) in [5.74, 6) is 0.638. The van der Waals surface area contributed by atoms with Crippen molar-refractivity contribution in [3.8, 4) is 17.2 Å². The average molecular weight is 441 g/mol. The molecule has 7 nitrogen and oxygen atoms in total. The molecule has 0 aliphatic rings. The van der Waals surface area contributed by atoms with Gasteiger partial charge in [-0.15, -0.1) is 0 Å². The molecule has 5 rings (SSSR count). The number of carbonyl (C=O) groups is 1. The van der Waals surface area contributed by atoms with E-state index in [9.17, 15) is 9.90 Å². The minimum atomic E-state index is -0.876. The fourth-order valence-electron chi connectivity index (χ4n) is 3.99. The molecule has 0 unspecified atom stereocenters. The summed E-state index contributed by atoms with van der Waals surface area (Å²) in [5, 5.41) is 11.4. The van der Waals surface area contributed by atoms with Gasteiger partial charge in [-0.2, -0.15) is 0 Å². The lowest BCUT2D eigenvalue weighted by molar-refractivity contribution is -0.137. The average Bonchev–Trinajstić information content (AvgIpc) is 3.47. The number of aromatic nitrogens is 3. The van der Waals surface area contributed by atoms with E-state index < -0.39 is 5.97 Å². The van der Waals surface area contributed by atoms with Crippen LogP contribution in [0.3, 0.4) is 0 Å². The van der Waals surface area contributed by atoms with Gasteiger partial charge in [0.15, 0.2) is 0 Å². The molecule has 0 atom stereocenters. The first kappa shape index (κ1) is 20.6. The number of rotatable bonds is 9. The van der Waals surface area contributed by atoms with E-state index in [-0.39, 0.29) is 6.54 Å². The van der Waals surface area contributed by atoms with Crippen molar-refractivity contribution in [2.75, 3.05) is 13.2 Å². The molecular weight excluding hydrogens is 418 g/mol. The highest BCUT2D eigenvalue weighted by Crippen LogP contribution is 2.31. The lowest BCUT2D eigenvalue weighted by Crippen LogP contribution is -2.08. The molecule has 166 valence electrons. The molecule has 33 heavy (non-hydrogen) atoms. The molecule has 0 saturated carbocycles. The van der Waals surface area contributed by atoms with Gasteiger partial charge >= 0.3 is 5.97 Å². The quantitative estimate of drug-likeness (QED) is 0.329. The molecule has 2 heterocycles. The van der Waals surface area contributed by atoms with Crippen molar-refractivity contribution in [1.29, 1.82) is 0 Å². The Bertz CT molecular complexity index is 1390.